The summed E-state index contributed by atoms with van der Waals surface area (Å²) in [6.07, 6.45) is -0.830. The SMILES string of the molecule is CC#CCC(C)(C)OC(=O)O. The van der Waals surface area contributed by atoms with Gasteiger partial charge in [0, 0.05) is 6.42 Å². The van der Waals surface area contributed by atoms with Gasteiger partial charge in [-0.3, -0.25) is 0 Å². The molecule has 0 aromatic carbocycles. The van der Waals surface area contributed by atoms with E-state index in [1.807, 2.05) is 0 Å². The summed E-state index contributed by atoms with van der Waals surface area (Å²) < 4.78 is 4.55. The van der Waals surface area contributed by atoms with Gasteiger partial charge in [-0.05, 0) is 20.8 Å². The predicted octanol–water partition coefficient (Wildman–Crippen LogP) is 1.87. The lowest BCUT2D eigenvalue weighted by Crippen LogP contribution is -2.26. The second-order valence-corrected chi connectivity index (χ2v) is 2.73. The Morgan fingerprint density at radius 1 is 1.64 bits per heavy atom. The van der Waals surface area contributed by atoms with Crippen LogP contribution in [0.4, 0.5) is 4.79 Å². The molecule has 0 bridgehead atoms. The van der Waals surface area contributed by atoms with Gasteiger partial charge in [-0.15, -0.1) is 5.92 Å². The number of carboxylic acid groups (broad SMARTS) is 1. The zero-order valence-electron chi connectivity index (χ0n) is 6.97. The Hall–Kier alpha value is -1.17. The van der Waals surface area contributed by atoms with Gasteiger partial charge in [-0.25, -0.2) is 4.79 Å². The lowest BCUT2D eigenvalue weighted by molar-refractivity contribution is 0.00697. The minimum atomic E-state index is -1.26. The Kier molecular flexibility index (Phi) is 3.46. The van der Waals surface area contributed by atoms with Crippen LogP contribution in [0.5, 0.6) is 0 Å². The van der Waals surface area contributed by atoms with Gasteiger partial charge in [0.25, 0.3) is 0 Å². The third-order valence-corrected chi connectivity index (χ3v) is 1.05. The average molecular weight is 156 g/mol. The number of hydrogen-bond acceptors (Lipinski definition) is 2. The number of hydrogen-bond donors (Lipinski definition) is 1. The average Bonchev–Trinajstić information content (AvgIpc) is 1.81. The van der Waals surface area contributed by atoms with Gasteiger partial charge >= 0.3 is 6.16 Å². The quantitative estimate of drug-likeness (QED) is 0.490. The van der Waals surface area contributed by atoms with E-state index in [-0.39, 0.29) is 0 Å². The van der Waals surface area contributed by atoms with Gasteiger partial charge in [0.2, 0.25) is 0 Å². The van der Waals surface area contributed by atoms with E-state index in [4.69, 9.17) is 5.11 Å². The molecule has 11 heavy (non-hydrogen) atoms. The fraction of sp³-hybridized carbons (Fsp3) is 0.625. The Morgan fingerprint density at radius 3 is 2.55 bits per heavy atom. The van der Waals surface area contributed by atoms with Crippen LogP contribution in [0.15, 0.2) is 0 Å². The molecule has 0 saturated carbocycles. The summed E-state index contributed by atoms with van der Waals surface area (Å²) in [6.45, 7) is 5.08. The molecule has 0 saturated heterocycles. The second kappa shape index (κ2) is 3.87. The summed E-state index contributed by atoms with van der Waals surface area (Å²) in [5, 5.41) is 8.28. The van der Waals surface area contributed by atoms with Crippen LogP contribution in [0, 0.1) is 11.8 Å². The Labute approximate surface area is 66.4 Å². The van der Waals surface area contributed by atoms with E-state index in [1.54, 1.807) is 20.8 Å². The number of rotatable bonds is 2. The van der Waals surface area contributed by atoms with Crippen LogP contribution < -0.4 is 0 Å². The fourth-order valence-electron chi connectivity index (χ4n) is 0.574. The molecule has 0 fully saturated rings. The minimum Gasteiger partial charge on any atom is -0.450 e. The van der Waals surface area contributed by atoms with Crippen LogP contribution in [0.2, 0.25) is 0 Å². The maximum absolute atomic E-state index is 10.1. The van der Waals surface area contributed by atoms with Crippen molar-refractivity contribution in [3.05, 3.63) is 0 Å². The topological polar surface area (TPSA) is 46.5 Å². The molecule has 0 heterocycles. The standard InChI is InChI=1S/C8H12O3/c1-4-5-6-8(2,3)11-7(9)10/h6H2,1-3H3,(H,9,10). The van der Waals surface area contributed by atoms with Crippen molar-refractivity contribution >= 4 is 6.16 Å². The first kappa shape index (κ1) is 9.83. The first-order valence-electron chi connectivity index (χ1n) is 3.29. The van der Waals surface area contributed by atoms with Crippen molar-refractivity contribution in [1.29, 1.82) is 0 Å². The van der Waals surface area contributed by atoms with Gasteiger partial charge in [-0.2, -0.15) is 0 Å². The molecule has 3 nitrogen and oxygen atoms in total. The van der Waals surface area contributed by atoms with Crippen molar-refractivity contribution in [2.75, 3.05) is 0 Å². The molecule has 3 heteroatoms. The predicted molar refractivity (Wildman–Crippen MR) is 41.3 cm³/mol. The molecule has 0 aliphatic carbocycles. The molecule has 0 amide bonds. The molecule has 0 spiro atoms. The Balaban J connectivity index is 3.96. The molecule has 0 aromatic heterocycles. The van der Waals surface area contributed by atoms with Crippen molar-refractivity contribution in [3.63, 3.8) is 0 Å². The first-order chi connectivity index (χ1) is 4.98. The molecule has 0 unspecified atom stereocenters. The zero-order valence-corrected chi connectivity index (χ0v) is 6.97. The molecule has 62 valence electrons. The normalized spacial score (nSPS) is 9.73. The van der Waals surface area contributed by atoms with Gasteiger partial charge < -0.3 is 9.84 Å². The van der Waals surface area contributed by atoms with Crippen LogP contribution in [0.1, 0.15) is 27.2 Å². The smallest absolute Gasteiger partial charge is 0.450 e. The van der Waals surface area contributed by atoms with E-state index in [2.05, 4.69) is 16.6 Å². The van der Waals surface area contributed by atoms with Crippen molar-refractivity contribution in [2.24, 2.45) is 0 Å². The maximum atomic E-state index is 10.1. The van der Waals surface area contributed by atoms with Crippen LogP contribution >= 0.6 is 0 Å². The summed E-state index contributed by atoms with van der Waals surface area (Å²) in [4.78, 5) is 10.1. The maximum Gasteiger partial charge on any atom is 0.506 e. The van der Waals surface area contributed by atoms with Gasteiger partial charge in [-0.1, -0.05) is 5.92 Å². The van der Waals surface area contributed by atoms with Crippen LogP contribution in [0.25, 0.3) is 0 Å². The lowest BCUT2D eigenvalue weighted by Gasteiger charge is -2.19. The molecule has 0 aromatic rings. The highest BCUT2D eigenvalue weighted by Gasteiger charge is 2.20. The van der Waals surface area contributed by atoms with Gasteiger partial charge in [0.05, 0.1) is 0 Å². The molecule has 0 aliphatic heterocycles. The van der Waals surface area contributed by atoms with Crippen molar-refractivity contribution in [2.45, 2.75) is 32.8 Å². The number of carbonyl (C=O) groups is 1. The lowest BCUT2D eigenvalue weighted by atomic mass is 10.1. The molecule has 0 rings (SSSR count). The molecule has 0 radical (unpaired) electrons. The third kappa shape index (κ3) is 5.28. The van der Waals surface area contributed by atoms with E-state index in [0.717, 1.165) is 0 Å². The molecular formula is C8H12O3. The Bertz CT molecular complexity index is 195. The minimum absolute atomic E-state index is 0.426. The Morgan fingerprint density at radius 2 is 2.18 bits per heavy atom. The fourth-order valence-corrected chi connectivity index (χ4v) is 0.574. The summed E-state index contributed by atoms with van der Waals surface area (Å²) in [6, 6.07) is 0. The van der Waals surface area contributed by atoms with Crippen LogP contribution in [-0.4, -0.2) is 16.9 Å². The molecule has 1 N–H and O–H groups in total. The van der Waals surface area contributed by atoms with Crippen LogP contribution in [-0.2, 0) is 4.74 Å². The zero-order chi connectivity index (χ0) is 8.91. The van der Waals surface area contributed by atoms with Gasteiger partial charge in [0.1, 0.15) is 5.60 Å². The van der Waals surface area contributed by atoms with Gasteiger partial charge in [0.15, 0.2) is 0 Å². The van der Waals surface area contributed by atoms with Crippen molar-refractivity contribution in [3.8, 4) is 11.8 Å². The van der Waals surface area contributed by atoms with E-state index < -0.39 is 11.8 Å². The largest absolute Gasteiger partial charge is 0.506 e. The van der Waals surface area contributed by atoms with E-state index in [1.165, 1.54) is 0 Å². The third-order valence-electron chi connectivity index (χ3n) is 1.05. The summed E-state index contributed by atoms with van der Waals surface area (Å²) >= 11 is 0. The summed E-state index contributed by atoms with van der Waals surface area (Å²) in [5.41, 5.74) is -0.700. The number of ether oxygens (including phenoxy) is 1. The molecular weight excluding hydrogens is 144 g/mol. The monoisotopic (exact) mass is 156 g/mol. The first-order valence-corrected chi connectivity index (χ1v) is 3.29. The van der Waals surface area contributed by atoms with Crippen LogP contribution in [0.3, 0.4) is 0 Å². The van der Waals surface area contributed by atoms with E-state index in [9.17, 15) is 4.79 Å². The van der Waals surface area contributed by atoms with Crippen molar-refractivity contribution in [1.82, 2.24) is 0 Å². The highest BCUT2D eigenvalue weighted by atomic mass is 16.7. The molecule has 0 aliphatic rings. The van der Waals surface area contributed by atoms with E-state index >= 15 is 0 Å². The summed E-state index contributed by atoms with van der Waals surface area (Å²) in [7, 11) is 0. The highest BCUT2D eigenvalue weighted by molar-refractivity contribution is 5.57. The van der Waals surface area contributed by atoms with E-state index in [0.29, 0.717) is 6.42 Å². The highest BCUT2D eigenvalue weighted by Crippen LogP contribution is 2.13. The molecule has 0 atom stereocenters. The van der Waals surface area contributed by atoms with Crippen molar-refractivity contribution < 1.29 is 14.6 Å². The second-order valence-electron chi connectivity index (χ2n) is 2.73. The summed E-state index contributed by atoms with van der Waals surface area (Å²) in [5.74, 6) is 5.43.